The van der Waals surface area contributed by atoms with Gasteiger partial charge in [0.15, 0.2) is 11.5 Å². The number of imidazole rings is 1. The second kappa shape index (κ2) is 10.6. The van der Waals surface area contributed by atoms with Crippen LogP contribution in [0.3, 0.4) is 0 Å². The highest BCUT2D eigenvalue weighted by Gasteiger charge is 2.26. The van der Waals surface area contributed by atoms with Gasteiger partial charge in [0.2, 0.25) is 17.8 Å². The number of fused-ring (bicyclic) bond motifs is 2. The summed E-state index contributed by atoms with van der Waals surface area (Å²) in [5.74, 6) is 1.29. The number of rotatable bonds is 8. The zero-order valence-corrected chi connectivity index (χ0v) is 20.6. The molecule has 0 bridgehead atoms. The molecule has 2 amide bonds. The van der Waals surface area contributed by atoms with Crippen LogP contribution in [0.2, 0.25) is 0 Å². The Balaban J connectivity index is 1.22. The van der Waals surface area contributed by atoms with Gasteiger partial charge < -0.3 is 30.0 Å². The molecular weight excluding hydrogens is 470 g/mol. The minimum absolute atomic E-state index is 0.102. The van der Waals surface area contributed by atoms with Crippen LogP contribution in [0, 0.1) is 6.42 Å². The molecule has 0 atom stereocenters. The number of ether oxygens (including phenoxy) is 2. The average Bonchev–Trinajstić information content (AvgIpc) is 3.26. The first kappa shape index (κ1) is 24.2. The van der Waals surface area contributed by atoms with Crippen molar-refractivity contribution in [1.82, 2.24) is 15.3 Å². The van der Waals surface area contributed by atoms with E-state index in [1.165, 1.54) is 12.0 Å². The monoisotopic (exact) mass is 497 g/mol. The number of carbonyl (C=O) groups excluding carboxylic acids is 2. The number of hydrogen-bond acceptors (Lipinski definition) is 6. The molecule has 2 radical (unpaired) electrons. The summed E-state index contributed by atoms with van der Waals surface area (Å²) in [6.07, 6.45) is 3.97. The number of nitrogens with one attached hydrogen (secondary N) is 3. The maximum atomic E-state index is 12.8. The molecule has 0 saturated carbocycles. The minimum atomic E-state index is -0.263. The minimum Gasteiger partial charge on any atom is -0.493 e. The summed E-state index contributed by atoms with van der Waals surface area (Å²) >= 11 is 0. The zero-order chi connectivity index (χ0) is 25.8. The lowest BCUT2D eigenvalue weighted by atomic mass is 10.1. The summed E-state index contributed by atoms with van der Waals surface area (Å²) < 4.78 is 10.8. The third-order valence-electron chi connectivity index (χ3n) is 6.15. The van der Waals surface area contributed by atoms with Crippen LogP contribution in [0.1, 0.15) is 24.0 Å². The lowest BCUT2D eigenvalue weighted by molar-refractivity contribution is -0.123. The first-order valence-electron chi connectivity index (χ1n) is 11.9. The van der Waals surface area contributed by atoms with Crippen molar-refractivity contribution in [2.75, 3.05) is 31.0 Å². The van der Waals surface area contributed by atoms with Gasteiger partial charge in [0, 0.05) is 31.1 Å². The van der Waals surface area contributed by atoms with Crippen LogP contribution in [-0.2, 0) is 16.1 Å². The van der Waals surface area contributed by atoms with Gasteiger partial charge in [-0.15, -0.1) is 0 Å². The Hall–Kier alpha value is -4.53. The summed E-state index contributed by atoms with van der Waals surface area (Å²) in [4.78, 5) is 34.9. The summed E-state index contributed by atoms with van der Waals surface area (Å²) in [5, 5.41) is 6.16. The van der Waals surface area contributed by atoms with Crippen LogP contribution < -0.4 is 25.0 Å². The van der Waals surface area contributed by atoms with Crippen molar-refractivity contribution in [2.24, 2.45) is 0 Å². The molecule has 1 aromatic heterocycles. The molecule has 0 spiro atoms. The van der Waals surface area contributed by atoms with Crippen LogP contribution in [0.25, 0.3) is 11.0 Å². The van der Waals surface area contributed by atoms with E-state index in [1.54, 1.807) is 19.2 Å². The van der Waals surface area contributed by atoms with Gasteiger partial charge in [-0.1, -0.05) is 24.3 Å². The fraction of sp³-hybridized carbons (Fsp3) is 0.214. The first-order valence-corrected chi connectivity index (χ1v) is 11.9. The molecule has 2 heterocycles. The fourth-order valence-electron chi connectivity index (χ4n) is 4.23. The summed E-state index contributed by atoms with van der Waals surface area (Å²) in [7, 11) is 3.09. The van der Waals surface area contributed by atoms with Crippen molar-refractivity contribution >= 4 is 40.2 Å². The Morgan fingerprint density at radius 2 is 1.84 bits per heavy atom. The Bertz CT molecular complexity index is 1400. The number of hydrogen-bond donors (Lipinski definition) is 3. The number of H-pyrrole nitrogens is 1. The van der Waals surface area contributed by atoms with Crippen molar-refractivity contribution in [2.45, 2.75) is 19.4 Å². The molecule has 188 valence electrons. The highest BCUT2D eigenvalue weighted by atomic mass is 16.5. The van der Waals surface area contributed by atoms with E-state index >= 15 is 0 Å². The Kier molecular flexibility index (Phi) is 6.93. The molecule has 5 rings (SSSR count). The average molecular weight is 498 g/mol. The molecule has 9 nitrogen and oxygen atoms in total. The van der Waals surface area contributed by atoms with Gasteiger partial charge in [0.25, 0.3) is 0 Å². The van der Waals surface area contributed by atoms with E-state index in [-0.39, 0.29) is 24.8 Å². The molecule has 0 saturated heterocycles. The first-order chi connectivity index (χ1) is 18.0. The number of benzene rings is 3. The van der Waals surface area contributed by atoms with Gasteiger partial charge in [0.1, 0.15) is 6.54 Å². The molecule has 0 aliphatic carbocycles. The number of nitrogens with zero attached hydrogens (tertiary/aromatic N) is 2. The summed E-state index contributed by atoms with van der Waals surface area (Å²) in [5.41, 5.74) is 4.95. The maximum absolute atomic E-state index is 12.8. The molecule has 0 fully saturated rings. The molecule has 37 heavy (non-hydrogen) atoms. The van der Waals surface area contributed by atoms with E-state index in [0.717, 1.165) is 22.3 Å². The van der Waals surface area contributed by atoms with Gasteiger partial charge in [-0.3, -0.25) is 9.59 Å². The number of amides is 2. The molecule has 9 heteroatoms. The Morgan fingerprint density at radius 1 is 1.08 bits per heavy atom. The van der Waals surface area contributed by atoms with E-state index in [1.807, 2.05) is 48.5 Å². The molecular formula is C28H27N5O4. The van der Waals surface area contributed by atoms with E-state index < -0.39 is 0 Å². The van der Waals surface area contributed by atoms with Crippen molar-refractivity contribution in [3.05, 3.63) is 78.2 Å². The topological polar surface area (TPSA) is 109 Å². The van der Waals surface area contributed by atoms with Gasteiger partial charge >= 0.3 is 0 Å². The number of aromatic nitrogens is 2. The quantitative estimate of drug-likeness (QED) is 0.337. The largest absolute Gasteiger partial charge is 0.493 e. The molecule has 3 N–H and O–H groups in total. The summed E-state index contributed by atoms with van der Waals surface area (Å²) in [6, 6.07) is 19.0. The lowest BCUT2D eigenvalue weighted by Gasteiger charge is -2.24. The molecule has 0 unspecified atom stereocenters. The van der Waals surface area contributed by atoms with Gasteiger partial charge in [-0.2, -0.15) is 0 Å². The van der Waals surface area contributed by atoms with Crippen molar-refractivity contribution in [3.8, 4) is 11.5 Å². The summed E-state index contributed by atoms with van der Waals surface area (Å²) in [6.45, 7) is 0.234. The van der Waals surface area contributed by atoms with Crippen molar-refractivity contribution in [1.29, 1.82) is 0 Å². The fourth-order valence-corrected chi connectivity index (χ4v) is 4.23. The number of para-hydroxylation sites is 2. The number of methoxy groups -OCH3 is 2. The second-order valence-corrected chi connectivity index (χ2v) is 8.58. The van der Waals surface area contributed by atoms with Crippen LogP contribution in [-0.4, -0.2) is 42.5 Å². The van der Waals surface area contributed by atoms with Crippen molar-refractivity contribution < 1.29 is 19.1 Å². The number of carbonyl (C=O) groups is 2. The second-order valence-electron chi connectivity index (χ2n) is 8.58. The highest BCUT2D eigenvalue weighted by molar-refractivity contribution is 6.00. The molecule has 1 aliphatic rings. The van der Waals surface area contributed by atoms with Crippen molar-refractivity contribution in [3.63, 3.8) is 0 Å². The normalized spacial score (nSPS) is 13.1. The van der Waals surface area contributed by atoms with Crippen LogP contribution in [0.15, 0.2) is 60.7 Å². The van der Waals surface area contributed by atoms with E-state index in [9.17, 15) is 9.59 Å². The zero-order valence-electron chi connectivity index (χ0n) is 20.6. The third kappa shape index (κ3) is 5.35. The smallest absolute Gasteiger partial charge is 0.240 e. The van der Waals surface area contributed by atoms with E-state index in [4.69, 9.17) is 9.47 Å². The molecule has 3 aromatic carbocycles. The number of anilines is 3. The molecule has 1 aliphatic heterocycles. The molecule has 4 aromatic rings. The van der Waals surface area contributed by atoms with E-state index in [2.05, 4.69) is 27.0 Å². The third-order valence-corrected chi connectivity index (χ3v) is 6.15. The predicted octanol–water partition coefficient (Wildman–Crippen LogP) is 4.20. The standard InChI is InChI=1S/C28H27N5O4/c1-36-24-14-19-6-5-9-27(35)33(23(19)15-25(24)37-2)17-26(34)29-16-18-10-12-20(13-11-18)30-28-31-21-7-3-4-8-22(21)32-28/h3-4,7-8,10-15H,5,9,16-17H2,1-2H3,(H,29,34)(H2,30,31,32). The maximum Gasteiger partial charge on any atom is 0.240 e. The Labute approximate surface area is 214 Å². The number of aromatic amines is 1. The van der Waals surface area contributed by atoms with E-state index in [0.29, 0.717) is 41.7 Å². The lowest BCUT2D eigenvalue weighted by Crippen LogP contribution is -2.40. The van der Waals surface area contributed by atoms with Gasteiger partial charge in [0.05, 0.1) is 30.9 Å². The van der Waals surface area contributed by atoms with Crippen LogP contribution in [0.5, 0.6) is 11.5 Å². The van der Waals surface area contributed by atoms with Crippen LogP contribution >= 0.6 is 0 Å². The SMILES string of the molecule is COc1cc2c(cc1OC)N(CC(=O)NCc1ccc(Nc3nc4ccccc4[nH]3)cc1)C(=O)CC[C]2. The predicted molar refractivity (Wildman–Crippen MR) is 141 cm³/mol. The van der Waals surface area contributed by atoms with Gasteiger partial charge in [-0.25, -0.2) is 4.98 Å². The van der Waals surface area contributed by atoms with Gasteiger partial charge in [-0.05, 0) is 47.9 Å². The highest BCUT2D eigenvalue weighted by Crippen LogP contribution is 2.38. The van der Waals surface area contributed by atoms with Crippen LogP contribution in [0.4, 0.5) is 17.3 Å². The Morgan fingerprint density at radius 3 is 2.59 bits per heavy atom.